The van der Waals surface area contributed by atoms with E-state index in [4.69, 9.17) is 9.47 Å². The molecule has 0 spiro atoms. The number of nitrogens with zero attached hydrogens (tertiary/aromatic N) is 5. The van der Waals surface area contributed by atoms with Crippen LogP contribution >= 0.6 is 11.3 Å². The van der Waals surface area contributed by atoms with Gasteiger partial charge in [-0.25, -0.2) is 4.39 Å². The number of anilines is 1. The van der Waals surface area contributed by atoms with Crippen LogP contribution in [0.15, 0.2) is 84.9 Å². The summed E-state index contributed by atoms with van der Waals surface area (Å²) in [5, 5.41) is 13.2. The molecule has 0 aliphatic carbocycles. The third-order valence-corrected chi connectivity index (χ3v) is 13.2. The standard InChI is InChI=1S/C46H47FN6O7S/c47-31-4-2-30(3-5-31)43-42(37-13-7-33(54)29-40(37)61-43)60-35-10-8-34(9-11-35)59-27-26-51-20-18-49(19-21-51)16-1-17-50-22-24-52(25-23-50)32-6-12-36-38(28-32)46(58)53(45(36)57)39-14-15-41(55)48-44(39)56/h2-13,28-29,39,54H,1,14-27H2,(H,48,55,56). The number of carbonyl (C=O) groups excluding carboxylic acids is 4. The number of hydrogen-bond donors (Lipinski definition) is 2. The molecule has 4 aliphatic rings. The Balaban J connectivity index is 0.679. The first kappa shape index (κ1) is 40.5. The lowest BCUT2D eigenvalue weighted by atomic mass is 10.0. The topological polar surface area (TPSA) is 135 Å². The van der Waals surface area contributed by atoms with E-state index in [0.29, 0.717) is 29.2 Å². The summed E-state index contributed by atoms with van der Waals surface area (Å²) in [6.45, 7) is 11.0. The average molecular weight is 847 g/mol. The molecule has 3 fully saturated rings. The molecule has 2 N–H and O–H groups in total. The number of imide groups is 2. The van der Waals surface area contributed by atoms with Crippen LogP contribution in [0.25, 0.3) is 20.5 Å². The number of amides is 4. The number of benzene rings is 4. The number of fused-ring (bicyclic) bond motifs is 2. The Bertz CT molecular complexity index is 2450. The van der Waals surface area contributed by atoms with Crippen LogP contribution in [0.4, 0.5) is 10.1 Å². The molecule has 5 aromatic rings. The molecule has 9 rings (SSSR count). The van der Waals surface area contributed by atoms with Crippen molar-refractivity contribution in [3.05, 3.63) is 102 Å². The Morgan fingerprint density at radius 2 is 1.38 bits per heavy atom. The lowest BCUT2D eigenvalue weighted by Gasteiger charge is -2.37. The van der Waals surface area contributed by atoms with E-state index in [1.54, 1.807) is 36.4 Å². The Morgan fingerprint density at radius 3 is 2.08 bits per heavy atom. The number of phenolic OH excluding ortho intramolecular Hbond substituents is 1. The summed E-state index contributed by atoms with van der Waals surface area (Å²) in [7, 11) is 0. The van der Waals surface area contributed by atoms with Crippen LogP contribution in [-0.2, 0) is 9.59 Å². The van der Waals surface area contributed by atoms with Crippen molar-refractivity contribution in [2.75, 3.05) is 83.5 Å². The quantitative estimate of drug-likeness (QED) is 0.139. The Hall–Kier alpha value is -5.87. The molecule has 4 aliphatic heterocycles. The number of carbonyl (C=O) groups is 4. The second-order valence-corrected chi connectivity index (χ2v) is 17.0. The fraction of sp³-hybridized carbons (Fsp3) is 0.348. The molecule has 5 heterocycles. The van der Waals surface area contributed by atoms with Crippen LogP contribution in [0, 0.1) is 5.82 Å². The third-order valence-electron chi connectivity index (χ3n) is 12.0. The van der Waals surface area contributed by atoms with Gasteiger partial charge >= 0.3 is 0 Å². The molecule has 0 saturated carbocycles. The van der Waals surface area contributed by atoms with Crippen LogP contribution < -0.4 is 19.7 Å². The van der Waals surface area contributed by atoms with E-state index in [1.807, 2.05) is 36.4 Å². The summed E-state index contributed by atoms with van der Waals surface area (Å²) in [4.78, 5) is 62.0. The molecular weight excluding hydrogens is 800 g/mol. The monoisotopic (exact) mass is 846 g/mol. The van der Waals surface area contributed by atoms with Crippen LogP contribution in [0.2, 0.25) is 0 Å². The summed E-state index contributed by atoms with van der Waals surface area (Å²) < 4.78 is 27.1. The largest absolute Gasteiger partial charge is 0.508 e. The molecule has 61 heavy (non-hydrogen) atoms. The van der Waals surface area contributed by atoms with Crippen molar-refractivity contribution >= 4 is 50.7 Å². The Morgan fingerprint density at radius 1 is 0.721 bits per heavy atom. The highest BCUT2D eigenvalue weighted by Gasteiger charge is 2.44. The molecule has 13 nitrogen and oxygen atoms in total. The van der Waals surface area contributed by atoms with E-state index in [0.717, 1.165) is 115 Å². The van der Waals surface area contributed by atoms with Gasteiger partial charge in [-0.05, 0) is 104 Å². The number of phenols is 1. The lowest BCUT2D eigenvalue weighted by Crippen LogP contribution is -2.54. The fourth-order valence-electron chi connectivity index (χ4n) is 8.61. The molecule has 0 bridgehead atoms. The van der Waals surface area contributed by atoms with E-state index in [1.165, 1.54) is 23.5 Å². The average Bonchev–Trinajstić information content (AvgIpc) is 3.74. The number of nitrogens with one attached hydrogen (secondary N) is 1. The van der Waals surface area contributed by atoms with Crippen molar-refractivity contribution in [3.8, 4) is 33.4 Å². The molecular formula is C46H47FN6O7S. The highest BCUT2D eigenvalue weighted by atomic mass is 32.1. The zero-order valence-corrected chi connectivity index (χ0v) is 34.5. The van der Waals surface area contributed by atoms with Gasteiger partial charge in [0.25, 0.3) is 11.8 Å². The number of thiophene rings is 1. The molecule has 0 radical (unpaired) electrons. The summed E-state index contributed by atoms with van der Waals surface area (Å²) >= 11 is 1.49. The van der Waals surface area contributed by atoms with Gasteiger partial charge in [0.2, 0.25) is 11.8 Å². The van der Waals surface area contributed by atoms with Crippen molar-refractivity contribution in [3.63, 3.8) is 0 Å². The molecule has 1 aromatic heterocycles. The van der Waals surface area contributed by atoms with Gasteiger partial charge in [-0.2, -0.15) is 0 Å². The van der Waals surface area contributed by atoms with Crippen molar-refractivity contribution in [2.24, 2.45) is 0 Å². The predicted molar refractivity (Wildman–Crippen MR) is 230 cm³/mol. The smallest absolute Gasteiger partial charge is 0.262 e. The molecule has 1 unspecified atom stereocenters. The number of halogens is 1. The first-order valence-corrected chi connectivity index (χ1v) is 21.7. The first-order valence-electron chi connectivity index (χ1n) is 20.9. The second kappa shape index (κ2) is 17.6. The number of piperidine rings is 1. The van der Waals surface area contributed by atoms with Gasteiger partial charge < -0.3 is 24.4 Å². The molecule has 316 valence electrons. The maximum Gasteiger partial charge on any atom is 0.262 e. The van der Waals surface area contributed by atoms with Gasteiger partial charge in [0, 0.05) is 81.1 Å². The maximum absolute atomic E-state index is 13.7. The molecule has 4 aromatic carbocycles. The normalized spacial score (nSPS) is 19.1. The molecule has 15 heteroatoms. The third kappa shape index (κ3) is 8.82. The molecule has 1 atom stereocenters. The number of ether oxygens (including phenoxy) is 2. The van der Waals surface area contributed by atoms with Crippen molar-refractivity contribution in [1.82, 2.24) is 24.9 Å². The fourth-order valence-corrected chi connectivity index (χ4v) is 9.78. The first-order chi connectivity index (χ1) is 29.7. The summed E-state index contributed by atoms with van der Waals surface area (Å²) in [6, 6.07) is 23.5. The zero-order valence-electron chi connectivity index (χ0n) is 33.7. The van der Waals surface area contributed by atoms with Gasteiger partial charge in [-0.15, -0.1) is 11.3 Å². The van der Waals surface area contributed by atoms with E-state index in [2.05, 4.69) is 24.9 Å². The molecule has 3 saturated heterocycles. The minimum Gasteiger partial charge on any atom is -0.508 e. The second-order valence-electron chi connectivity index (χ2n) is 15.9. The number of rotatable bonds is 13. The lowest BCUT2D eigenvalue weighted by molar-refractivity contribution is -0.136. The Kier molecular flexibility index (Phi) is 11.7. The number of piperazine rings is 2. The minimum absolute atomic E-state index is 0.0952. The van der Waals surface area contributed by atoms with E-state index < -0.39 is 23.8 Å². The zero-order chi connectivity index (χ0) is 42.0. The summed E-state index contributed by atoms with van der Waals surface area (Å²) in [6.07, 6.45) is 1.33. The van der Waals surface area contributed by atoms with Gasteiger partial charge in [0.15, 0.2) is 5.75 Å². The van der Waals surface area contributed by atoms with Crippen molar-refractivity contribution < 1.29 is 38.1 Å². The van der Waals surface area contributed by atoms with Crippen LogP contribution in [-0.4, -0.2) is 133 Å². The molecule has 4 amide bonds. The van der Waals surface area contributed by atoms with Crippen molar-refractivity contribution in [2.45, 2.75) is 25.3 Å². The maximum atomic E-state index is 13.7. The highest BCUT2D eigenvalue weighted by molar-refractivity contribution is 7.22. The summed E-state index contributed by atoms with van der Waals surface area (Å²) in [5.41, 5.74) is 2.34. The van der Waals surface area contributed by atoms with Gasteiger partial charge in [-0.3, -0.25) is 39.2 Å². The van der Waals surface area contributed by atoms with Crippen LogP contribution in [0.5, 0.6) is 23.0 Å². The SMILES string of the molecule is O=C1CCC(N2C(=O)c3ccc(N4CCN(CCCN5CCN(CCOc6ccc(Oc7c(-c8ccc(F)cc8)sc8cc(O)ccc78)cc6)CC5)CC4)cc3C2=O)C(=O)N1. The minimum atomic E-state index is -0.967. The number of hydrogen-bond acceptors (Lipinski definition) is 12. The number of aromatic hydroxyl groups is 1. The predicted octanol–water partition coefficient (Wildman–Crippen LogP) is 5.82. The van der Waals surface area contributed by atoms with Crippen LogP contribution in [0.3, 0.4) is 0 Å². The van der Waals surface area contributed by atoms with E-state index in [-0.39, 0.29) is 30.3 Å². The van der Waals surface area contributed by atoms with Gasteiger partial charge in [0.05, 0.1) is 16.0 Å². The Labute approximate surface area is 356 Å². The summed E-state index contributed by atoms with van der Waals surface area (Å²) in [5.74, 6) is -0.00687. The highest BCUT2D eigenvalue weighted by Crippen LogP contribution is 2.47. The van der Waals surface area contributed by atoms with Crippen LogP contribution in [0.1, 0.15) is 40.0 Å². The van der Waals surface area contributed by atoms with Crippen molar-refractivity contribution in [1.29, 1.82) is 0 Å². The van der Waals surface area contributed by atoms with Gasteiger partial charge in [-0.1, -0.05) is 12.1 Å². The van der Waals surface area contributed by atoms with E-state index in [9.17, 15) is 28.7 Å². The van der Waals surface area contributed by atoms with Gasteiger partial charge in [0.1, 0.15) is 35.7 Å². The van der Waals surface area contributed by atoms with E-state index >= 15 is 0 Å².